The molecule has 0 saturated heterocycles. The van der Waals surface area contributed by atoms with Crippen molar-refractivity contribution in [1.29, 1.82) is 0 Å². The summed E-state index contributed by atoms with van der Waals surface area (Å²) in [6.07, 6.45) is 0.133. The van der Waals surface area contributed by atoms with Crippen LogP contribution in [0.15, 0.2) is 84.9 Å². The van der Waals surface area contributed by atoms with E-state index in [4.69, 9.17) is 4.74 Å². The van der Waals surface area contributed by atoms with E-state index in [2.05, 4.69) is 33.1 Å². The van der Waals surface area contributed by atoms with Gasteiger partial charge in [-0.05, 0) is 88.2 Å². The molecule has 0 unspecified atom stereocenters. The van der Waals surface area contributed by atoms with Crippen molar-refractivity contribution in [2.24, 2.45) is 0 Å². The Kier molecular flexibility index (Phi) is 8.84. The van der Waals surface area contributed by atoms with Crippen molar-refractivity contribution in [1.82, 2.24) is 4.98 Å². The van der Waals surface area contributed by atoms with E-state index in [0.29, 0.717) is 30.0 Å². The van der Waals surface area contributed by atoms with Crippen molar-refractivity contribution in [3.8, 4) is 11.1 Å². The lowest BCUT2D eigenvalue weighted by Crippen LogP contribution is -2.27. The van der Waals surface area contributed by atoms with Crippen molar-refractivity contribution >= 4 is 29.2 Å². The van der Waals surface area contributed by atoms with E-state index in [9.17, 15) is 9.59 Å². The Bertz CT molecular complexity index is 1470. The first kappa shape index (κ1) is 28.4. The molecule has 0 aliphatic heterocycles. The Morgan fingerprint density at radius 3 is 2.17 bits per heavy atom. The van der Waals surface area contributed by atoms with Gasteiger partial charge in [0, 0.05) is 35.6 Å². The van der Waals surface area contributed by atoms with Gasteiger partial charge in [-0.15, -0.1) is 0 Å². The summed E-state index contributed by atoms with van der Waals surface area (Å²) in [6.45, 7) is 10.2. The minimum absolute atomic E-state index is 0.151. The molecular formula is C33H36N4O3. The molecule has 3 N–H and O–H groups in total. The molecule has 0 radical (unpaired) electrons. The van der Waals surface area contributed by atoms with Gasteiger partial charge in [-0.25, -0.2) is 9.78 Å². The van der Waals surface area contributed by atoms with E-state index in [-0.39, 0.29) is 5.91 Å². The molecule has 1 heterocycles. The Morgan fingerprint density at radius 2 is 1.48 bits per heavy atom. The number of benzene rings is 3. The van der Waals surface area contributed by atoms with Gasteiger partial charge in [-0.1, -0.05) is 53.6 Å². The number of hydrogen-bond acceptors (Lipinski definition) is 5. The van der Waals surface area contributed by atoms with Crippen LogP contribution in [0.1, 0.15) is 48.0 Å². The molecule has 4 aromatic rings. The van der Waals surface area contributed by atoms with Gasteiger partial charge < -0.3 is 15.4 Å². The number of nitrogens with zero attached hydrogens (tertiary/aromatic N) is 1. The van der Waals surface area contributed by atoms with Gasteiger partial charge in [-0.2, -0.15) is 0 Å². The normalized spacial score (nSPS) is 11.0. The zero-order valence-electron chi connectivity index (χ0n) is 23.7. The smallest absolute Gasteiger partial charge is 0.413 e. The zero-order valence-corrected chi connectivity index (χ0v) is 23.7. The van der Waals surface area contributed by atoms with Crippen LogP contribution >= 0.6 is 0 Å². The van der Waals surface area contributed by atoms with E-state index in [1.165, 1.54) is 5.56 Å². The molecule has 4 rings (SSSR count). The van der Waals surface area contributed by atoms with Gasteiger partial charge in [0.25, 0.3) is 5.91 Å². The second kappa shape index (κ2) is 12.5. The van der Waals surface area contributed by atoms with Crippen molar-refractivity contribution in [2.45, 2.75) is 46.6 Å². The molecule has 40 heavy (non-hydrogen) atoms. The number of amides is 2. The zero-order chi connectivity index (χ0) is 28.7. The molecule has 0 aliphatic rings. The maximum atomic E-state index is 13.2. The molecule has 0 fully saturated rings. The summed E-state index contributed by atoms with van der Waals surface area (Å²) in [6, 6.07) is 27.2. The average molecular weight is 537 g/mol. The number of ether oxygens (including phenoxy) is 1. The van der Waals surface area contributed by atoms with Crippen LogP contribution in [-0.4, -0.2) is 29.1 Å². The van der Waals surface area contributed by atoms with Crippen molar-refractivity contribution < 1.29 is 14.3 Å². The molecule has 0 bridgehead atoms. The SMILES string of the molecule is Cc1ccc(-c2cc(C)ccc2C(=O)Nc2ccc(NCCc3cccc(NC(=O)OC(C)(C)C)n3)cc2)cc1. The lowest BCUT2D eigenvalue weighted by atomic mass is 9.96. The fourth-order valence-corrected chi connectivity index (χ4v) is 4.13. The molecule has 206 valence electrons. The first-order chi connectivity index (χ1) is 19.1. The predicted molar refractivity (Wildman–Crippen MR) is 162 cm³/mol. The minimum atomic E-state index is -0.574. The van der Waals surface area contributed by atoms with Crippen LogP contribution < -0.4 is 16.0 Å². The van der Waals surface area contributed by atoms with E-state index in [1.54, 1.807) is 6.07 Å². The summed E-state index contributed by atoms with van der Waals surface area (Å²) < 4.78 is 5.29. The number of hydrogen-bond donors (Lipinski definition) is 3. The van der Waals surface area contributed by atoms with Crippen LogP contribution in [0.4, 0.5) is 22.0 Å². The summed E-state index contributed by atoms with van der Waals surface area (Å²) in [5.74, 6) is 0.299. The monoisotopic (exact) mass is 536 g/mol. The van der Waals surface area contributed by atoms with Crippen LogP contribution in [0, 0.1) is 13.8 Å². The number of carbonyl (C=O) groups is 2. The number of aryl methyl sites for hydroxylation is 2. The van der Waals surface area contributed by atoms with Crippen LogP contribution in [0.2, 0.25) is 0 Å². The van der Waals surface area contributed by atoms with Crippen LogP contribution in [-0.2, 0) is 11.2 Å². The molecule has 0 aliphatic carbocycles. The number of anilines is 3. The average Bonchev–Trinajstić information content (AvgIpc) is 2.89. The second-order valence-electron chi connectivity index (χ2n) is 10.8. The maximum absolute atomic E-state index is 13.2. The van der Waals surface area contributed by atoms with Crippen LogP contribution in [0.25, 0.3) is 11.1 Å². The standard InChI is InChI=1S/C33H36N4O3/c1-22-9-12-24(13-10-22)29-21-23(2)11-18-28(29)31(38)36-27-16-14-25(15-17-27)34-20-19-26-7-6-8-30(35-26)37-32(39)40-33(3,4)5/h6-18,21,34H,19-20H2,1-5H3,(H,36,38)(H,35,37,39). The summed E-state index contributed by atoms with van der Waals surface area (Å²) in [5, 5.41) is 9.07. The third kappa shape index (κ3) is 8.17. The highest BCUT2D eigenvalue weighted by Gasteiger charge is 2.17. The highest BCUT2D eigenvalue weighted by molar-refractivity contribution is 6.08. The first-order valence-corrected chi connectivity index (χ1v) is 13.3. The van der Waals surface area contributed by atoms with Gasteiger partial charge >= 0.3 is 6.09 Å². The van der Waals surface area contributed by atoms with Crippen molar-refractivity contribution in [3.05, 3.63) is 107 Å². The topological polar surface area (TPSA) is 92.4 Å². The van der Waals surface area contributed by atoms with Crippen LogP contribution in [0.3, 0.4) is 0 Å². The Morgan fingerprint density at radius 1 is 0.800 bits per heavy atom. The Hall–Kier alpha value is -4.65. The van der Waals surface area contributed by atoms with Crippen molar-refractivity contribution in [3.63, 3.8) is 0 Å². The van der Waals surface area contributed by atoms with Gasteiger partial charge in [0.1, 0.15) is 11.4 Å². The summed E-state index contributed by atoms with van der Waals surface area (Å²) in [5.41, 5.74) is 6.74. The molecule has 3 aromatic carbocycles. The second-order valence-corrected chi connectivity index (χ2v) is 10.8. The Balaban J connectivity index is 1.32. The van der Waals surface area contributed by atoms with Crippen LogP contribution in [0.5, 0.6) is 0 Å². The maximum Gasteiger partial charge on any atom is 0.413 e. The summed E-state index contributed by atoms with van der Waals surface area (Å²) in [4.78, 5) is 29.7. The summed E-state index contributed by atoms with van der Waals surface area (Å²) in [7, 11) is 0. The highest BCUT2D eigenvalue weighted by atomic mass is 16.6. The lowest BCUT2D eigenvalue weighted by Gasteiger charge is -2.19. The third-order valence-corrected chi connectivity index (χ3v) is 6.07. The highest BCUT2D eigenvalue weighted by Crippen LogP contribution is 2.27. The van der Waals surface area contributed by atoms with E-state index in [0.717, 1.165) is 28.1 Å². The first-order valence-electron chi connectivity index (χ1n) is 13.3. The molecule has 0 saturated carbocycles. The minimum Gasteiger partial charge on any atom is -0.444 e. The molecule has 7 nitrogen and oxygen atoms in total. The van der Waals surface area contributed by atoms with E-state index in [1.807, 2.05) is 101 Å². The molecule has 2 amide bonds. The predicted octanol–water partition coefficient (Wildman–Crippen LogP) is 7.62. The molecule has 1 aromatic heterocycles. The summed E-state index contributed by atoms with van der Waals surface area (Å²) >= 11 is 0. The van der Waals surface area contributed by atoms with E-state index >= 15 is 0 Å². The molecule has 7 heteroatoms. The molecule has 0 atom stereocenters. The lowest BCUT2D eigenvalue weighted by molar-refractivity contribution is 0.0635. The van der Waals surface area contributed by atoms with Gasteiger partial charge in [-0.3, -0.25) is 10.1 Å². The Labute approximate surface area is 236 Å². The van der Waals surface area contributed by atoms with Crippen molar-refractivity contribution in [2.75, 3.05) is 22.5 Å². The van der Waals surface area contributed by atoms with Gasteiger partial charge in [0.05, 0.1) is 0 Å². The van der Waals surface area contributed by atoms with E-state index < -0.39 is 11.7 Å². The molecular weight excluding hydrogens is 500 g/mol. The largest absolute Gasteiger partial charge is 0.444 e. The van der Waals surface area contributed by atoms with Gasteiger partial charge in [0.2, 0.25) is 0 Å². The number of rotatable bonds is 8. The quantitative estimate of drug-likeness (QED) is 0.215. The molecule has 0 spiro atoms. The fourth-order valence-electron chi connectivity index (χ4n) is 4.13. The fraction of sp³-hybridized carbons (Fsp3) is 0.242. The third-order valence-electron chi connectivity index (χ3n) is 6.07. The number of aromatic nitrogens is 1. The van der Waals surface area contributed by atoms with Gasteiger partial charge in [0.15, 0.2) is 0 Å². The number of nitrogens with one attached hydrogen (secondary N) is 3. The number of pyridine rings is 1. The number of carbonyl (C=O) groups excluding carboxylic acids is 2.